The first-order valence-electron chi connectivity index (χ1n) is 7.86. The van der Waals surface area contributed by atoms with Crippen LogP contribution in [0.2, 0.25) is 0 Å². The molecule has 1 aliphatic carbocycles. The van der Waals surface area contributed by atoms with Crippen molar-refractivity contribution in [3.05, 3.63) is 45.3 Å². The topological polar surface area (TPSA) is 116 Å². The van der Waals surface area contributed by atoms with Gasteiger partial charge in [0, 0.05) is 17.2 Å². The SMILES string of the molecule is Cc1ccc(C(=O)NCc2nnnn2C2CCCC2)cc1[N+](=O)[O-]. The number of tetrazole rings is 1. The van der Waals surface area contributed by atoms with Gasteiger partial charge in [-0.2, -0.15) is 0 Å². The van der Waals surface area contributed by atoms with Crippen LogP contribution >= 0.6 is 0 Å². The highest BCUT2D eigenvalue weighted by Gasteiger charge is 2.22. The number of nitro benzene ring substituents is 1. The van der Waals surface area contributed by atoms with Gasteiger partial charge >= 0.3 is 0 Å². The molecular weight excluding hydrogens is 312 g/mol. The minimum atomic E-state index is -0.493. The Morgan fingerprint density at radius 3 is 2.88 bits per heavy atom. The van der Waals surface area contributed by atoms with Crippen molar-refractivity contribution in [2.75, 3.05) is 0 Å². The Hall–Kier alpha value is -2.84. The first kappa shape index (κ1) is 16.0. The molecule has 0 spiro atoms. The Bertz CT molecular complexity index is 766. The molecule has 2 aromatic rings. The summed E-state index contributed by atoms with van der Waals surface area (Å²) in [7, 11) is 0. The van der Waals surface area contributed by atoms with Crippen molar-refractivity contribution in [1.82, 2.24) is 25.5 Å². The molecule has 0 atom stereocenters. The third-order valence-electron chi connectivity index (χ3n) is 4.31. The molecule has 3 rings (SSSR count). The molecule has 0 bridgehead atoms. The molecule has 0 radical (unpaired) electrons. The number of hydrogen-bond acceptors (Lipinski definition) is 6. The van der Waals surface area contributed by atoms with Crippen molar-refractivity contribution in [3.63, 3.8) is 0 Å². The van der Waals surface area contributed by atoms with Crippen LogP contribution in [0.25, 0.3) is 0 Å². The van der Waals surface area contributed by atoms with E-state index in [-0.39, 0.29) is 29.7 Å². The van der Waals surface area contributed by atoms with Crippen molar-refractivity contribution in [1.29, 1.82) is 0 Å². The molecule has 126 valence electrons. The van der Waals surface area contributed by atoms with Crippen LogP contribution in [0.4, 0.5) is 5.69 Å². The summed E-state index contributed by atoms with van der Waals surface area (Å²) < 4.78 is 1.77. The molecule has 9 nitrogen and oxygen atoms in total. The van der Waals surface area contributed by atoms with Gasteiger partial charge in [-0.05, 0) is 36.3 Å². The number of aromatic nitrogens is 4. The third kappa shape index (κ3) is 3.24. The smallest absolute Gasteiger partial charge is 0.273 e. The lowest BCUT2D eigenvalue weighted by Crippen LogP contribution is -2.25. The summed E-state index contributed by atoms with van der Waals surface area (Å²) in [5.41, 5.74) is 0.687. The predicted octanol–water partition coefficient (Wildman–Crippen LogP) is 1.93. The van der Waals surface area contributed by atoms with Crippen LogP contribution in [0.5, 0.6) is 0 Å². The minimum absolute atomic E-state index is 0.0709. The van der Waals surface area contributed by atoms with Crippen LogP contribution in [-0.2, 0) is 6.54 Å². The number of rotatable bonds is 5. The van der Waals surface area contributed by atoms with E-state index in [1.165, 1.54) is 6.07 Å². The molecule has 0 aliphatic heterocycles. The van der Waals surface area contributed by atoms with Crippen molar-refractivity contribution in [2.45, 2.75) is 45.2 Å². The number of nitrogens with zero attached hydrogens (tertiary/aromatic N) is 5. The Morgan fingerprint density at radius 2 is 2.17 bits per heavy atom. The highest BCUT2D eigenvalue weighted by Crippen LogP contribution is 2.29. The lowest BCUT2D eigenvalue weighted by Gasteiger charge is -2.11. The summed E-state index contributed by atoms with van der Waals surface area (Å²) in [5.74, 6) is 0.205. The van der Waals surface area contributed by atoms with Crippen molar-refractivity contribution >= 4 is 11.6 Å². The van der Waals surface area contributed by atoms with Crippen LogP contribution in [-0.4, -0.2) is 31.0 Å². The molecule has 24 heavy (non-hydrogen) atoms. The highest BCUT2D eigenvalue weighted by atomic mass is 16.6. The number of nitrogens with one attached hydrogen (secondary N) is 1. The van der Waals surface area contributed by atoms with Crippen molar-refractivity contribution in [2.24, 2.45) is 0 Å². The largest absolute Gasteiger partial charge is 0.345 e. The molecule has 1 heterocycles. The average molecular weight is 330 g/mol. The summed E-state index contributed by atoms with van der Waals surface area (Å²) in [6.45, 7) is 1.82. The standard InChI is InChI=1S/C15H18N6O3/c1-10-6-7-11(8-13(10)21(23)24)15(22)16-9-14-17-18-19-20(14)12-4-2-3-5-12/h6-8,12H,2-5,9H2,1H3,(H,16,22). The predicted molar refractivity (Wildman–Crippen MR) is 84.3 cm³/mol. The van der Waals surface area contributed by atoms with Gasteiger partial charge in [-0.15, -0.1) is 5.10 Å². The summed E-state index contributed by atoms with van der Waals surface area (Å²) in [5, 5.41) is 25.4. The first-order valence-corrected chi connectivity index (χ1v) is 7.86. The van der Waals surface area contributed by atoms with Crippen LogP contribution < -0.4 is 5.32 Å². The van der Waals surface area contributed by atoms with Gasteiger partial charge in [0.15, 0.2) is 5.82 Å². The fourth-order valence-corrected chi connectivity index (χ4v) is 2.97. The normalized spacial score (nSPS) is 14.7. The highest BCUT2D eigenvalue weighted by molar-refractivity contribution is 5.94. The number of hydrogen-bond donors (Lipinski definition) is 1. The Balaban J connectivity index is 1.69. The van der Waals surface area contributed by atoms with Crippen molar-refractivity contribution in [3.8, 4) is 0 Å². The van der Waals surface area contributed by atoms with Gasteiger partial charge in [-0.1, -0.05) is 18.9 Å². The fraction of sp³-hybridized carbons (Fsp3) is 0.467. The average Bonchev–Trinajstić information content (AvgIpc) is 3.23. The third-order valence-corrected chi connectivity index (χ3v) is 4.31. The van der Waals surface area contributed by atoms with Gasteiger partial charge < -0.3 is 5.32 Å². The van der Waals surface area contributed by atoms with E-state index in [1.807, 2.05) is 0 Å². The molecule has 1 amide bonds. The lowest BCUT2D eigenvalue weighted by atomic mass is 10.1. The maximum atomic E-state index is 12.2. The Labute approximate surface area is 138 Å². The quantitative estimate of drug-likeness (QED) is 0.661. The molecule has 1 aliphatic rings. The second-order valence-corrected chi connectivity index (χ2v) is 5.92. The van der Waals surface area contributed by atoms with Crippen molar-refractivity contribution < 1.29 is 9.72 Å². The van der Waals surface area contributed by atoms with Crippen LogP contribution in [0.3, 0.4) is 0 Å². The number of benzene rings is 1. The summed E-state index contributed by atoms with van der Waals surface area (Å²) in [6.07, 6.45) is 4.39. The monoisotopic (exact) mass is 330 g/mol. The number of aryl methyl sites for hydroxylation is 1. The van der Waals surface area contributed by atoms with E-state index in [0.29, 0.717) is 11.4 Å². The van der Waals surface area contributed by atoms with Crippen LogP contribution in [0, 0.1) is 17.0 Å². The molecule has 9 heteroatoms. The van der Waals surface area contributed by atoms with Crippen LogP contribution in [0.15, 0.2) is 18.2 Å². The minimum Gasteiger partial charge on any atom is -0.345 e. The summed E-state index contributed by atoms with van der Waals surface area (Å²) in [4.78, 5) is 22.7. The van der Waals surface area contributed by atoms with E-state index < -0.39 is 4.92 Å². The van der Waals surface area contributed by atoms with E-state index in [2.05, 4.69) is 20.8 Å². The first-order chi connectivity index (χ1) is 11.6. The maximum Gasteiger partial charge on any atom is 0.273 e. The molecule has 1 aromatic heterocycles. The summed E-state index contributed by atoms with van der Waals surface area (Å²) >= 11 is 0. The van der Waals surface area contributed by atoms with E-state index in [9.17, 15) is 14.9 Å². The number of nitro groups is 1. The van der Waals surface area contributed by atoms with Crippen LogP contribution in [0.1, 0.15) is 53.5 Å². The number of carbonyl (C=O) groups excluding carboxylic acids is 1. The Kier molecular flexibility index (Phi) is 4.50. The van der Waals surface area contributed by atoms with E-state index in [0.717, 1.165) is 25.7 Å². The zero-order valence-corrected chi connectivity index (χ0v) is 13.3. The van der Waals surface area contributed by atoms with Gasteiger partial charge in [0.2, 0.25) is 0 Å². The molecule has 1 fully saturated rings. The van der Waals surface area contributed by atoms with Gasteiger partial charge in [0.05, 0.1) is 17.5 Å². The second kappa shape index (κ2) is 6.73. The lowest BCUT2D eigenvalue weighted by molar-refractivity contribution is -0.385. The molecular formula is C15H18N6O3. The molecule has 0 saturated heterocycles. The molecule has 1 aromatic carbocycles. The van der Waals surface area contributed by atoms with Gasteiger partial charge in [0.1, 0.15) is 0 Å². The van der Waals surface area contributed by atoms with E-state index in [1.54, 1.807) is 23.7 Å². The fourth-order valence-electron chi connectivity index (χ4n) is 2.97. The number of carbonyl (C=O) groups is 1. The zero-order valence-electron chi connectivity index (χ0n) is 13.3. The maximum absolute atomic E-state index is 12.2. The van der Waals surface area contributed by atoms with Gasteiger partial charge in [-0.3, -0.25) is 14.9 Å². The molecule has 1 N–H and O–H groups in total. The zero-order chi connectivity index (χ0) is 17.1. The van der Waals surface area contributed by atoms with E-state index in [4.69, 9.17) is 0 Å². The second-order valence-electron chi connectivity index (χ2n) is 5.92. The molecule has 1 saturated carbocycles. The van der Waals surface area contributed by atoms with Gasteiger partial charge in [0.25, 0.3) is 11.6 Å². The number of amides is 1. The van der Waals surface area contributed by atoms with E-state index >= 15 is 0 Å². The van der Waals surface area contributed by atoms with Gasteiger partial charge in [-0.25, -0.2) is 4.68 Å². The molecule has 0 unspecified atom stereocenters. The Morgan fingerprint density at radius 1 is 1.42 bits per heavy atom. The summed E-state index contributed by atoms with van der Waals surface area (Å²) in [6, 6.07) is 4.70.